The fourth-order valence-electron chi connectivity index (χ4n) is 5.48. The standard InChI is InChI=1S/C32H56O3/c1-8-9-10-11-12-13-14-15-16-17-18-19-26(31(2,3)4)24-28(32(5,6)7)29(30(34)35)25-20-22-27(33)23-21-25/h20-23,26,28-29,33H,8-19,24H2,1-7H3,(H,34,35). The molecule has 0 aliphatic heterocycles. The summed E-state index contributed by atoms with van der Waals surface area (Å²) in [7, 11) is 0. The zero-order valence-electron chi connectivity index (χ0n) is 24.0. The average molecular weight is 489 g/mol. The molecule has 0 saturated carbocycles. The number of carbonyl (C=O) groups is 1. The Morgan fingerprint density at radius 1 is 0.743 bits per heavy atom. The number of carboxylic acids is 1. The monoisotopic (exact) mass is 488 g/mol. The van der Waals surface area contributed by atoms with Crippen molar-refractivity contribution in [3.8, 4) is 5.75 Å². The Morgan fingerprint density at radius 2 is 1.20 bits per heavy atom. The van der Waals surface area contributed by atoms with Gasteiger partial charge in [0.25, 0.3) is 0 Å². The minimum absolute atomic E-state index is 0.0153. The van der Waals surface area contributed by atoms with Crippen molar-refractivity contribution in [2.75, 3.05) is 0 Å². The van der Waals surface area contributed by atoms with E-state index in [0.717, 1.165) is 18.4 Å². The van der Waals surface area contributed by atoms with E-state index in [4.69, 9.17) is 0 Å². The van der Waals surface area contributed by atoms with Gasteiger partial charge in [-0.1, -0.05) is 131 Å². The Bertz CT molecular complexity index is 693. The maximum absolute atomic E-state index is 12.5. The highest BCUT2D eigenvalue weighted by molar-refractivity contribution is 5.76. The Morgan fingerprint density at radius 3 is 1.60 bits per heavy atom. The molecule has 35 heavy (non-hydrogen) atoms. The first-order chi connectivity index (χ1) is 16.4. The summed E-state index contributed by atoms with van der Waals surface area (Å²) in [5.41, 5.74) is 0.791. The van der Waals surface area contributed by atoms with E-state index >= 15 is 0 Å². The molecule has 202 valence electrons. The van der Waals surface area contributed by atoms with Crippen LogP contribution in [0.3, 0.4) is 0 Å². The molecule has 3 nitrogen and oxygen atoms in total. The van der Waals surface area contributed by atoms with Gasteiger partial charge in [0.2, 0.25) is 0 Å². The number of phenolic OH excluding ortho intramolecular Hbond substituents is 1. The van der Waals surface area contributed by atoms with E-state index < -0.39 is 11.9 Å². The Hall–Kier alpha value is -1.51. The van der Waals surface area contributed by atoms with Gasteiger partial charge in [0.1, 0.15) is 5.75 Å². The van der Waals surface area contributed by atoms with Crippen molar-refractivity contribution in [1.29, 1.82) is 0 Å². The largest absolute Gasteiger partial charge is 0.508 e. The molecule has 0 bridgehead atoms. The molecular weight excluding hydrogens is 432 g/mol. The summed E-state index contributed by atoms with van der Waals surface area (Å²) in [6, 6.07) is 6.78. The van der Waals surface area contributed by atoms with Crippen LogP contribution in [0.4, 0.5) is 0 Å². The van der Waals surface area contributed by atoms with Gasteiger partial charge < -0.3 is 10.2 Å². The van der Waals surface area contributed by atoms with Crippen LogP contribution >= 0.6 is 0 Å². The van der Waals surface area contributed by atoms with E-state index in [1.165, 1.54) is 70.6 Å². The van der Waals surface area contributed by atoms with E-state index in [1.54, 1.807) is 24.3 Å². The molecule has 0 aliphatic rings. The van der Waals surface area contributed by atoms with Gasteiger partial charge in [-0.15, -0.1) is 0 Å². The van der Waals surface area contributed by atoms with Crippen LogP contribution in [0.5, 0.6) is 5.75 Å². The molecule has 0 amide bonds. The third-order valence-corrected chi connectivity index (χ3v) is 7.95. The van der Waals surface area contributed by atoms with Gasteiger partial charge in [0.05, 0.1) is 5.92 Å². The lowest BCUT2D eigenvalue weighted by Gasteiger charge is -2.41. The van der Waals surface area contributed by atoms with Crippen LogP contribution in [0.1, 0.15) is 143 Å². The first kappa shape index (κ1) is 31.5. The molecular formula is C32H56O3. The number of unbranched alkanes of at least 4 members (excludes halogenated alkanes) is 10. The van der Waals surface area contributed by atoms with Gasteiger partial charge in [0, 0.05) is 0 Å². The first-order valence-corrected chi connectivity index (χ1v) is 14.4. The predicted molar refractivity (Wildman–Crippen MR) is 150 cm³/mol. The van der Waals surface area contributed by atoms with E-state index in [9.17, 15) is 15.0 Å². The summed E-state index contributed by atoms with van der Waals surface area (Å²) in [5.74, 6) is -0.671. The summed E-state index contributed by atoms with van der Waals surface area (Å²) >= 11 is 0. The van der Waals surface area contributed by atoms with Crippen LogP contribution in [0.15, 0.2) is 24.3 Å². The van der Waals surface area contributed by atoms with Crippen LogP contribution in [0, 0.1) is 22.7 Å². The van der Waals surface area contributed by atoms with Crippen molar-refractivity contribution >= 4 is 5.97 Å². The molecule has 0 aliphatic carbocycles. The van der Waals surface area contributed by atoms with Gasteiger partial charge in [-0.2, -0.15) is 0 Å². The smallest absolute Gasteiger partial charge is 0.311 e. The fraction of sp³-hybridized carbons (Fsp3) is 0.781. The molecule has 3 heteroatoms. The summed E-state index contributed by atoms with van der Waals surface area (Å²) in [4.78, 5) is 12.5. The van der Waals surface area contributed by atoms with E-state index in [0.29, 0.717) is 5.92 Å². The van der Waals surface area contributed by atoms with Gasteiger partial charge in [-0.3, -0.25) is 4.79 Å². The van der Waals surface area contributed by atoms with Gasteiger partial charge in [-0.25, -0.2) is 0 Å². The molecule has 0 heterocycles. The minimum Gasteiger partial charge on any atom is -0.508 e. The third-order valence-electron chi connectivity index (χ3n) is 7.95. The highest BCUT2D eigenvalue weighted by Gasteiger charge is 2.40. The molecule has 2 N–H and O–H groups in total. The number of hydrogen-bond donors (Lipinski definition) is 2. The number of rotatable bonds is 17. The Kier molecular flexibility index (Phi) is 14.0. The molecule has 0 aromatic heterocycles. The molecule has 0 radical (unpaired) electrons. The van der Waals surface area contributed by atoms with E-state index in [2.05, 4.69) is 48.5 Å². The van der Waals surface area contributed by atoms with Crippen molar-refractivity contribution in [1.82, 2.24) is 0 Å². The van der Waals surface area contributed by atoms with Crippen molar-refractivity contribution < 1.29 is 15.0 Å². The number of benzene rings is 1. The number of carboxylic acid groups (broad SMARTS) is 1. The lowest BCUT2D eigenvalue weighted by molar-refractivity contribution is -0.142. The van der Waals surface area contributed by atoms with Crippen LogP contribution in [0.25, 0.3) is 0 Å². The summed E-state index contributed by atoms with van der Waals surface area (Å²) < 4.78 is 0. The van der Waals surface area contributed by atoms with Crippen LogP contribution < -0.4 is 0 Å². The topological polar surface area (TPSA) is 57.5 Å². The predicted octanol–water partition coefficient (Wildman–Crippen LogP) is 9.98. The van der Waals surface area contributed by atoms with Crippen molar-refractivity contribution in [2.45, 2.75) is 138 Å². The second-order valence-electron chi connectivity index (χ2n) is 13.0. The number of hydrogen-bond acceptors (Lipinski definition) is 2. The average Bonchev–Trinajstić information content (AvgIpc) is 2.75. The highest BCUT2D eigenvalue weighted by Crippen LogP contribution is 2.46. The van der Waals surface area contributed by atoms with Gasteiger partial charge in [-0.05, 0) is 53.2 Å². The lowest BCUT2D eigenvalue weighted by atomic mass is 9.63. The maximum Gasteiger partial charge on any atom is 0.311 e. The van der Waals surface area contributed by atoms with Crippen LogP contribution in [-0.4, -0.2) is 16.2 Å². The zero-order chi connectivity index (χ0) is 26.5. The first-order valence-electron chi connectivity index (χ1n) is 14.4. The molecule has 3 atom stereocenters. The lowest BCUT2D eigenvalue weighted by Crippen LogP contribution is -2.36. The van der Waals surface area contributed by atoms with Crippen molar-refractivity contribution in [3.05, 3.63) is 29.8 Å². The van der Waals surface area contributed by atoms with Gasteiger partial charge in [0.15, 0.2) is 0 Å². The molecule has 0 fully saturated rings. The quantitative estimate of drug-likeness (QED) is 0.214. The number of aromatic hydroxyl groups is 1. The van der Waals surface area contributed by atoms with E-state index in [-0.39, 0.29) is 22.5 Å². The van der Waals surface area contributed by atoms with Crippen molar-refractivity contribution in [2.24, 2.45) is 22.7 Å². The summed E-state index contributed by atoms with van der Waals surface area (Å²) in [5, 5.41) is 20.0. The van der Waals surface area contributed by atoms with Crippen LogP contribution in [-0.2, 0) is 4.79 Å². The second-order valence-corrected chi connectivity index (χ2v) is 13.0. The normalized spacial score (nSPS) is 15.1. The Balaban J connectivity index is 2.71. The molecule has 0 saturated heterocycles. The number of aliphatic carboxylic acids is 1. The molecule has 3 unspecified atom stereocenters. The second kappa shape index (κ2) is 15.6. The molecule has 1 aromatic rings. The van der Waals surface area contributed by atoms with Crippen LogP contribution in [0.2, 0.25) is 0 Å². The van der Waals surface area contributed by atoms with Crippen molar-refractivity contribution in [3.63, 3.8) is 0 Å². The summed E-state index contributed by atoms with van der Waals surface area (Å²) in [6.45, 7) is 15.7. The zero-order valence-corrected chi connectivity index (χ0v) is 24.0. The highest BCUT2D eigenvalue weighted by atomic mass is 16.4. The summed E-state index contributed by atoms with van der Waals surface area (Å²) in [6.07, 6.45) is 16.9. The molecule has 0 spiro atoms. The maximum atomic E-state index is 12.5. The minimum atomic E-state index is -0.766. The van der Waals surface area contributed by atoms with Gasteiger partial charge >= 0.3 is 5.97 Å². The molecule has 1 aromatic carbocycles. The molecule has 1 rings (SSSR count). The van der Waals surface area contributed by atoms with E-state index in [1.807, 2.05) is 0 Å². The third kappa shape index (κ3) is 12.3. The SMILES string of the molecule is CCCCCCCCCCCCCC(CC(C(C(=O)O)c1ccc(O)cc1)C(C)(C)C)C(C)(C)C. The Labute approximate surface area is 217 Å². The number of phenols is 1. The fourth-order valence-corrected chi connectivity index (χ4v) is 5.48.